The van der Waals surface area contributed by atoms with E-state index in [0.717, 1.165) is 5.92 Å². The molecule has 0 rings (SSSR count). The third kappa shape index (κ3) is 11.8. The standard InChI is InChI=1S/C7H16.S2/c1-4-6-7(3)5-2;1-2/h7H,4-6H2,1-3H3;. The van der Waals surface area contributed by atoms with E-state index in [2.05, 4.69) is 43.1 Å². The highest BCUT2D eigenvalue weighted by Crippen LogP contribution is 2.07. The first-order chi connectivity index (χ1) is 4.31. The normalized spacial score (nSPS) is 11.4. The van der Waals surface area contributed by atoms with Crippen molar-refractivity contribution in [2.24, 2.45) is 5.92 Å². The molecule has 9 heavy (non-hydrogen) atoms. The van der Waals surface area contributed by atoms with Crippen molar-refractivity contribution >= 4 is 22.4 Å². The lowest BCUT2D eigenvalue weighted by Crippen LogP contribution is -1.88. The highest BCUT2D eigenvalue weighted by molar-refractivity contribution is 8.07. The molecule has 0 aliphatic carbocycles. The molecule has 0 aromatic rings. The minimum absolute atomic E-state index is 0.949. The molecule has 0 amide bonds. The Bertz CT molecular complexity index is 46.2. The van der Waals surface area contributed by atoms with Crippen LogP contribution in [0.2, 0.25) is 0 Å². The van der Waals surface area contributed by atoms with Crippen molar-refractivity contribution < 1.29 is 0 Å². The molecule has 0 spiro atoms. The van der Waals surface area contributed by atoms with Gasteiger partial charge in [0.1, 0.15) is 0 Å². The largest absolute Gasteiger partial charge is 0.0654 e. The molecule has 0 radical (unpaired) electrons. The molecule has 1 unspecified atom stereocenters. The zero-order valence-electron chi connectivity index (χ0n) is 6.52. The summed E-state index contributed by atoms with van der Waals surface area (Å²) in [5, 5.41) is 0. The van der Waals surface area contributed by atoms with Gasteiger partial charge < -0.3 is 0 Å². The predicted octanol–water partition coefficient (Wildman–Crippen LogP) is 2.83. The molecule has 0 aromatic heterocycles. The zero-order valence-corrected chi connectivity index (χ0v) is 8.15. The summed E-state index contributed by atoms with van der Waals surface area (Å²) in [6.07, 6.45) is 4.08. The van der Waals surface area contributed by atoms with Gasteiger partial charge in [0.15, 0.2) is 0 Å². The van der Waals surface area contributed by atoms with Gasteiger partial charge in [-0.05, 0) is 5.92 Å². The van der Waals surface area contributed by atoms with Gasteiger partial charge in [-0.1, -0.05) is 40.0 Å². The lowest BCUT2D eigenvalue weighted by Gasteiger charge is -2.02. The molecule has 0 nitrogen and oxygen atoms in total. The van der Waals surface area contributed by atoms with Crippen LogP contribution in [0.25, 0.3) is 0 Å². The van der Waals surface area contributed by atoms with Gasteiger partial charge in [-0.2, -0.15) is 0 Å². The molecule has 0 heterocycles. The third-order valence-electron chi connectivity index (χ3n) is 1.48. The molecule has 0 saturated heterocycles. The monoisotopic (exact) mass is 164 g/mol. The van der Waals surface area contributed by atoms with Gasteiger partial charge in [-0.25, -0.2) is 0 Å². The quantitative estimate of drug-likeness (QED) is 0.629. The van der Waals surface area contributed by atoms with Crippen molar-refractivity contribution in [3.63, 3.8) is 0 Å². The Kier molecular flexibility index (Phi) is 15.2. The molecule has 0 saturated carbocycles. The van der Waals surface area contributed by atoms with Gasteiger partial charge >= 0.3 is 0 Å². The maximum atomic E-state index is 3.67. The highest BCUT2D eigenvalue weighted by Gasteiger charge is 1.92. The molecule has 0 aromatic carbocycles. The maximum absolute atomic E-state index is 3.67. The van der Waals surface area contributed by atoms with Gasteiger partial charge in [-0.3, -0.25) is 0 Å². The number of rotatable bonds is 3. The molecular formula is C7H16S2. The van der Waals surface area contributed by atoms with E-state index in [4.69, 9.17) is 0 Å². The Morgan fingerprint density at radius 3 is 1.78 bits per heavy atom. The smallest absolute Gasteiger partial charge is 0 e. The van der Waals surface area contributed by atoms with E-state index in [1.165, 1.54) is 19.3 Å². The van der Waals surface area contributed by atoms with Crippen LogP contribution in [0.5, 0.6) is 0 Å². The van der Waals surface area contributed by atoms with Gasteiger partial charge in [0.25, 0.3) is 0 Å². The average Bonchev–Trinajstić information content (AvgIpc) is 1.93. The number of hydrogen-bond acceptors (Lipinski definition) is 2. The van der Waals surface area contributed by atoms with E-state index in [1.54, 1.807) is 0 Å². The maximum Gasteiger partial charge on any atom is 0 e. The second-order valence-electron chi connectivity index (χ2n) is 2.30. The first-order valence-corrected chi connectivity index (χ1v) is 4.81. The summed E-state index contributed by atoms with van der Waals surface area (Å²) in [6.45, 7) is 6.80. The van der Waals surface area contributed by atoms with E-state index >= 15 is 0 Å². The summed E-state index contributed by atoms with van der Waals surface area (Å²) in [6, 6.07) is 0. The average molecular weight is 164 g/mol. The van der Waals surface area contributed by atoms with Crippen molar-refractivity contribution in [3.05, 3.63) is 0 Å². The van der Waals surface area contributed by atoms with Crippen molar-refractivity contribution in [2.45, 2.75) is 40.0 Å². The van der Waals surface area contributed by atoms with Crippen molar-refractivity contribution in [2.75, 3.05) is 0 Å². The second-order valence-corrected chi connectivity index (χ2v) is 2.30. The molecule has 0 bridgehead atoms. The summed E-state index contributed by atoms with van der Waals surface area (Å²) >= 11 is 7.33. The number of hydrogen-bond donors (Lipinski definition) is 0. The van der Waals surface area contributed by atoms with E-state index in [9.17, 15) is 0 Å². The van der Waals surface area contributed by atoms with Crippen LogP contribution in [0.1, 0.15) is 40.0 Å². The fourth-order valence-electron chi connectivity index (χ4n) is 0.697. The summed E-state index contributed by atoms with van der Waals surface area (Å²) in [7, 11) is 0. The van der Waals surface area contributed by atoms with Crippen LogP contribution in [0.4, 0.5) is 0 Å². The fourth-order valence-corrected chi connectivity index (χ4v) is 0.697. The Hall–Kier alpha value is 0.440. The Balaban J connectivity index is 0. The zero-order chi connectivity index (χ0) is 7.70. The van der Waals surface area contributed by atoms with Crippen molar-refractivity contribution in [1.82, 2.24) is 0 Å². The van der Waals surface area contributed by atoms with Crippen LogP contribution in [0.3, 0.4) is 0 Å². The molecule has 56 valence electrons. The van der Waals surface area contributed by atoms with Crippen molar-refractivity contribution in [3.8, 4) is 0 Å². The SMILES string of the molecule is CCCC(C)CC.S=S. The Labute approximate surface area is 68.7 Å². The lowest BCUT2D eigenvalue weighted by atomic mass is 10.0. The van der Waals surface area contributed by atoms with Crippen LogP contribution in [0.15, 0.2) is 0 Å². The Morgan fingerprint density at radius 1 is 1.22 bits per heavy atom. The Morgan fingerprint density at radius 2 is 1.67 bits per heavy atom. The third-order valence-corrected chi connectivity index (χ3v) is 1.48. The van der Waals surface area contributed by atoms with E-state index < -0.39 is 0 Å². The highest BCUT2D eigenvalue weighted by atomic mass is 32.8. The van der Waals surface area contributed by atoms with E-state index in [0.29, 0.717) is 0 Å². The topological polar surface area (TPSA) is 0 Å². The molecular weight excluding hydrogens is 148 g/mol. The van der Waals surface area contributed by atoms with Crippen LogP contribution < -0.4 is 0 Å². The lowest BCUT2D eigenvalue weighted by molar-refractivity contribution is 0.509. The van der Waals surface area contributed by atoms with Gasteiger partial charge in [0, 0.05) is 22.4 Å². The molecule has 0 fully saturated rings. The molecule has 2 heteroatoms. The first-order valence-electron chi connectivity index (χ1n) is 3.47. The summed E-state index contributed by atoms with van der Waals surface area (Å²) in [5.74, 6) is 0.949. The molecule has 0 N–H and O–H groups in total. The summed E-state index contributed by atoms with van der Waals surface area (Å²) in [5.41, 5.74) is 0. The van der Waals surface area contributed by atoms with Crippen LogP contribution in [-0.4, -0.2) is 0 Å². The van der Waals surface area contributed by atoms with Gasteiger partial charge in [-0.15, -0.1) is 0 Å². The summed E-state index contributed by atoms with van der Waals surface area (Å²) < 4.78 is 0. The van der Waals surface area contributed by atoms with Gasteiger partial charge in [0.05, 0.1) is 0 Å². The first kappa shape index (κ1) is 12.1. The minimum atomic E-state index is 0.949. The van der Waals surface area contributed by atoms with Gasteiger partial charge in [0.2, 0.25) is 0 Å². The predicted molar refractivity (Wildman–Crippen MR) is 49.1 cm³/mol. The minimum Gasteiger partial charge on any atom is -0.0654 e. The molecule has 0 aliphatic heterocycles. The van der Waals surface area contributed by atoms with Crippen LogP contribution >= 0.6 is 0 Å². The van der Waals surface area contributed by atoms with Crippen LogP contribution in [-0.2, 0) is 22.4 Å². The van der Waals surface area contributed by atoms with Crippen molar-refractivity contribution in [1.29, 1.82) is 0 Å². The molecule has 1 atom stereocenters. The molecule has 0 aliphatic rings. The summed E-state index contributed by atoms with van der Waals surface area (Å²) in [4.78, 5) is 0. The fraction of sp³-hybridized carbons (Fsp3) is 1.00. The van der Waals surface area contributed by atoms with Crippen LogP contribution in [0, 0.1) is 5.92 Å². The van der Waals surface area contributed by atoms with E-state index in [1.807, 2.05) is 0 Å². The van der Waals surface area contributed by atoms with E-state index in [-0.39, 0.29) is 0 Å². The second kappa shape index (κ2) is 11.3.